The Kier molecular flexibility index (Phi) is 14.3. The number of anilines is 3. The van der Waals surface area contributed by atoms with Gasteiger partial charge in [-0.15, -0.1) is 11.3 Å². The number of thiophene rings is 1. The predicted molar refractivity (Wildman–Crippen MR) is 274 cm³/mol. The molecule has 5 amide bonds. The predicted octanol–water partition coefficient (Wildman–Crippen LogP) is 7.53. The van der Waals surface area contributed by atoms with Gasteiger partial charge in [0, 0.05) is 60.0 Å². The van der Waals surface area contributed by atoms with Gasteiger partial charge in [0.1, 0.15) is 17.7 Å². The largest absolute Gasteiger partial charge is 0.479 e. The first-order valence-electron chi connectivity index (χ1n) is 24.2. The highest BCUT2D eigenvalue weighted by Gasteiger charge is 2.43. The van der Waals surface area contributed by atoms with Gasteiger partial charge in [0.15, 0.2) is 17.2 Å². The van der Waals surface area contributed by atoms with Gasteiger partial charge in [-0.25, -0.2) is 22.8 Å². The van der Waals surface area contributed by atoms with Crippen molar-refractivity contribution in [2.45, 2.75) is 88.6 Å². The van der Waals surface area contributed by atoms with Gasteiger partial charge >= 0.3 is 18.0 Å². The van der Waals surface area contributed by atoms with Crippen LogP contribution in [0.5, 0.6) is 5.75 Å². The van der Waals surface area contributed by atoms with Crippen molar-refractivity contribution >= 4 is 84.9 Å². The maximum absolute atomic E-state index is 14.2. The normalized spacial score (nSPS) is 19.0. The number of piperidine rings is 3. The van der Waals surface area contributed by atoms with E-state index in [0.717, 1.165) is 33.4 Å². The Balaban J connectivity index is 0.806. The number of carbonyl (C=O) groups excluding carboxylic acids is 6. The van der Waals surface area contributed by atoms with Crippen molar-refractivity contribution in [3.63, 3.8) is 0 Å². The summed E-state index contributed by atoms with van der Waals surface area (Å²) in [5.74, 6) is -2.66. The maximum Gasteiger partial charge on any atom is 0.351 e. The number of methoxy groups -OCH3 is 1. The summed E-state index contributed by atoms with van der Waals surface area (Å²) in [6.07, 6.45) is 2.76. The molecule has 4 aliphatic heterocycles. The molecule has 9 rings (SSSR count). The number of amides is 5. The summed E-state index contributed by atoms with van der Waals surface area (Å²) in [7, 11) is -2.61. The molecule has 0 saturated carbocycles. The van der Waals surface area contributed by atoms with Crippen LogP contribution in [0.2, 0.25) is 0 Å². The molecule has 380 valence electrons. The summed E-state index contributed by atoms with van der Waals surface area (Å²) in [4.78, 5) is 80.6. The van der Waals surface area contributed by atoms with E-state index in [1.165, 1.54) is 12.0 Å². The van der Waals surface area contributed by atoms with Gasteiger partial charge in [-0.05, 0) is 117 Å². The zero-order valence-corrected chi connectivity index (χ0v) is 42.5. The number of ether oxygens (including phenoxy) is 3. The number of likely N-dealkylation sites (tertiary alicyclic amines) is 1. The molecule has 18 nitrogen and oxygen atoms in total. The molecule has 20 heteroatoms. The number of hydrogen-bond donors (Lipinski definition) is 3. The van der Waals surface area contributed by atoms with Crippen LogP contribution in [0, 0.1) is 11.3 Å². The molecule has 0 spiro atoms. The fourth-order valence-corrected chi connectivity index (χ4v) is 13.8. The molecule has 0 aliphatic carbocycles. The Hall–Kier alpha value is -7.34. The minimum absolute atomic E-state index is 0.0357. The number of carbonyl (C=O) groups is 6. The zero-order valence-electron chi connectivity index (χ0n) is 40.8. The topological polar surface area (TPSA) is 234 Å². The van der Waals surface area contributed by atoms with Gasteiger partial charge in [-0.3, -0.25) is 24.6 Å². The lowest BCUT2D eigenvalue weighted by Gasteiger charge is -2.45. The van der Waals surface area contributed by atoms with Crippen molar-refractivity contribution in [2.75, 3.05) is 55.5 Å². The number of urea groups is 1. The second-order valence-electron chi connectivity index (χ2n) is 19.2. The lowest BCUT2D eigenvalue weighted by molar-refractivity contribution is -0.145. The monoisotopic (exact) mass is 1030 g/mol. The van der Waals surface area contributed by atoms with E-state index in [4.69, 9.17) is 14.2 Å². The Morgan fingerprint density at radius 3 is 2.41 bits per heavy atom. The number of imide groups is 1. The minimum Gasteiger partial charge on any atom is -0.479 e. The van der Waals surface area contributed by atoms with E-state index in [-0.39, 0.29) is 77.7 Å². The van der Waals surface area contributed by atoms with E-state index in [9.17, 15) is 42.4 Å². The second-order valence-corrected chi connectivity index (χ2v) is 22.1. The average molecular weight is 1030 g/mol. The Morgan fingerprint density at radius 1 is 0.932 bits per heavy atom. The molecule has 3 saturated heterocycles. The fourth-order valence-electron chi connectivity index (χ4n) is 10.7. The molecule has 1 aromatic heterocycles. The van der Waals surface area contributed by atoms with Crippen molar-refractivity contribution in [3.05, 3.63) is 106 Å². The van der Waals surface area contributed by atoms with E-state index in [1.807, 2.05) is 56.3 Å². The van der Waals surface area contributed by atoms with Crippen LogP contribution in [0.3, 0.4) is 0 Å². The standard InChI is InChI=1S/C53H55N7O11S2/c1-5-70-44(62)29-71-46-40(28-54)47(72-48(46)51(65)69-4)33-10-7-12-35(26-33)55-36-21-24-59(53(2,3)27-36)73(67,68)30-31-9-6-11-34(25-31)56-52(66)58-22-19-32(20-23-58)37-15-16-41-45-38(37)13-8-14-39(45)50(64)60(41)42-17-18-43(61)57-49(42)63/h6-16,25-26,32,36,42,55H,5,17-24,27,29-30H2,1-4H3,(H,56,66)(H,57,61,63)/t36?,42-/m0/s1. The first-order valence-corrected chi connectivity index (χ1v) is 26.6. The molecule has 3 N–H and O–H groups in total. The van der Waals surface area contributed by atoms with E-state index in [1.54, 1.807) is 52.5 Å². The van der Waals surface area contributed by atoms with Gasteiger partial charge in [0.2, 0.25) is 21.8 Å². The number of benzene rings is 4. The molecule has 4 aliphatic rings. The molecule has 4 aromatic carbocycles. The quantitative estimate of drug-likeness (QED) is 0.0722. The van der Waals surface area contributed by atoms with Gasteiger partial charge in [-0.1, -0.05) is 42.5 Å². The molecule has 0 bridgehead atoms. The molecule has 5 aromatic rings. The molecule has 5 heterocycles. The van der Waals surface area contributed by atoms with Crippen LogP contribution in [0.25, 0.3) is 21.2 Å². The summed E-state index contributed by atoms with van der Waals surface area (Å²) in [6, 6.07) is 24.7. The van der Waals surface area contributed by atoms with E-state index in [2.05, 4.69) is 22.0 Å². The van der Waals surface area contributed by atoms with Crippen molar-refractivity contribution in [3.8, 4) is 22.3 Å². The third-order valence-electron chi connectivity index (χ3n) is 14.0. The van der Waals surface area contributed by atoms with Crippen molar-refractivity contribution in [2.24, 2.45) is 0 Å². The summed E-state index contributed by atoms with van der Waals surface area (Å²) in [5.41, 5.74) is 3.91. The Labute approximate surface area is 426 Å². The van der Waals surface area contributed by atoms with Crippen LogP contribution < -0.4 is 25.6 Å². The molecule has 73 heavy (non-hydrogen) atoms. The molecule has 2 atom stereocenters. The smallest absolute Gasteiger partial charge is 0.351 e. The SMILES string of the molecule is CCOC(=O)COc1c(C(=O)OC)sc(-c2cccc(NC3CCN(S(=O)(=O)Cc4cccc(NC(=O)N5CCC(c6ccc7c8c(cccc68)C(=O)N7[C@H]6CCC(=O)NC6=O)CC5)c4)C(C)(C)C3)c2)c1C#N. The third-order valence-corrected chi connectivity index (χ3v) is 17.2. The number of rotatable bonds is 14. The number of nitrogens with one attached hydrogen (secondary N) is 3. The number of nitrogens with zero attached hydrogens (tertiary/aromatic N) is 4. The summed E-state index contributed by atoms with van der Waals surface area (Å²) < 4.78 is 45.4. The first kappa shape index (κ1) is 50.6. The van der Waals surface area contributed by atoms with Crippen LogP contribution in [0.4, 0.5) is 21.9 Å². The van der Waals surface area contributed by atoms with E-state index in [0.29, 0.717) is 71.7 Å². The third kappa shape index (κ3) is 10.2. The lowest BCUT2D eigenvalue weighted by Crippen LogP contribution is -2.55. The van der Waals surface area contributed by atoms with Crippen LogP contribution in [-0.2, 0) is 39.6 Å². The van der Waals surface area contributed by atoms with E-state index >= 15 is 0 Å². The summed E-state index contributed by atoms with van der Waals surface area (Å²) >= 11 is 1.01. The Morgan fingerprint density at radius 2 is 1.68 bits per heavy atom. The highest BCUT2D eigenvalue weighted by molar-refractivity contribution is 7.88. The van der Waals surface area contributed by atoms with Crippen LogP contribution in [0.1, 0.15) is 102 Å². The zero-order chi connectivity index (χ0) is 51.8. The van der Waals surface area contributed by atoms with Crippen molar-refractivity contribution in [1.82, 2.24) is 14.5 Å². The number of nitriles is 1. The molecular formula is C53H55N7O11S2. The summed E-state index contributed by atoms with van der Waals surface area (Å²) in [5, 5.41) is 20.8. The van der Waals surface area contributed by atoms with Crippen LogP contribution in [0.15, 0.2) is 78.9 Å². The first-order chi connectivity index (χ1) is 35.0. The van der Waals surface area contributed by atoms with Gasteiger partial charge in [0.25, 0.3) is 5.91 Å². The Bertz CT molecular complexity index is 3210. The number of sulfonamides is 1. The van der Waals surface area contributed by atoms with Crippen LogP contribution in [-0.4, -0.2) is 111 Å². The highest BCUT2D eigenvalue weighted by atomic mass is 32.2. The second kappa shape index (κ2) is 20.6. The van der Waals surface area contributed by atoms with Gasteiger partial charge in [-0.2, -0.15) is 9.57 Å². The highest BCUT2D eigenvalue weighted by Crippen LogP contribution is 2.45. The summed E-state index contributed by atoms with van der Waals surface area (Å²) in [6.45, 7) is 6.31. The number of esters is 2. The lowest BCUT2D eigenvalue weighted by atomic mass is 9.85. The van der Waals surface area contributed by atoms with Gasteiger partial charge in [0.05, 0.1) is 30.0 Å². The fraction of sp³-hybridized carbons (Fsp3) is 0.377. The molecule has 1 unspecified atom stereocenters. The maximum atomic E-state index is 14.2. The van der Waals surface area contributed by atoms with Gasteiger partial charge < -0.3 is 29.7 Å². The minimum atomic E-state index is -3.82. The average Bonchev–Trinajstić information content (AvgIpc) is 3.88. The number of hydrogen-bond acceptors (Lipinski definition) is 14. The molecular weight excluding hydrogens is 975 g/mol. The van der Waals surface area contributed by atoms with Crippen molar-refractivity contribution < 1.29 is 51.4 Å². The van der Waals surface area contributed by atoms with E-state index < -0.39 is 46.1 Å². The molecule has 3 fully saturated rings. The molecule has 0 radical (unpaired) electrons. The van der Waals surface area contributed by atoms with Crippen molar-refractivity contribution in [1.29, 1.82) is 5.26 Å². The van der Waals surface area contributed by atoms with Crippen LogP contribution >= 0.6 is 11.3 Å².